The summed E-state index contributed by atoms with van der Waals surface area (Å²) in [5, 5.41) is 3.01. The van der Waals surface area contributed by atoms with Gasteiger partial charge in [0, 0.05) is 24.6 Å². The van der Waals surface area contributed by atoms with Crippen LogP contribution in [0.5, 0.6) is 0 Å². The second-order valence-corrected chi connectivity index (χ2v) is 5.45. The first-order valence-corrected chi connectivity index (χ1v) is 7.52. The minimum atomic E-state index is 0.185. The van der Waals surface area contributed by atoms with E-state index in [1.165, 1.54) is 19.3 Å². The minimum Gasteiger partial charge on any atom is -0.356 e. The third kappa shape index (κ3) is 4.64. The molecule has 2 unspecified atom stereocenters. The highest BCUT2D eigenvalue weighted by Gasteiger charge is 2.26. The zero-order valence-electron chi connectivity index (χ0n) is 9.30. The van der Waals surface area contributed by atoms with Crippen LogP contribution in [-0.2, 0) is 4.79 Å². The molecule has 1 rings (SSSR count). The Kier molecular flexibility index (Phi) is 6.50. The van der Waals surface area contributed by atoms with Crippen LogP contribution in [0.3, 0.4) is 0 Å². The highest BCUT2D eigenvalue weighted by Crippen LogP contribution is 2.31. The van der Waals surface area contributed by atoms with Crippen molar-refractivity contribution in [2.45, 2.75) is 25.7 Å². The highest BCUT2D eigenvalue weighted by atomic mass is 35.5. The number of thioether (sulfide) groups is 1. The van der Waals surface area contributed by atoms with Crippen molar-refractivity contribution >= 4 is 29.3 Å². The van der Waals surface area contributed by atoms with Crippen LogP contribution >= 0.6 is 23.4 Å². The normalized spacial score (nSPS) is 25.5. The fraction of sp³-hybridized carbons (Fsp3) is 0.909. The number of hydrogen-bond donors (Lipinski definition) is 1. The molecule has 0 heterocycles. The molecule has 1 aliphatic carbocycles. The van der Waals surface area contributed by atoms with E-state index in [-0.39, 0.29) is 5.91 Å². The number of amides is 1. The Morgan fingerprint density at radius 2 is 2.20 bits per heavy atom. The maximum absolute atomic E-state index is 11.4. The fourth-order valence-corrected chi connectivity index (χ4v) is 2.91. The number of rotatable bonds is 6. The number of nitrogens with one attached hydrogen (secondary N) is 1. The van der Waals surface area contributed by atoms with Gasteiger partial charge in [-0.2, -0.15) is 11.8 Å². The zero-order valence-corrected chi connectivity index (χ0v) is 10.9. The molecule has 0 aromatic heterocycles. The Labute approximate surface area is 102 Å². The van der Waals surface area contributed by atoms with Gasteiger partial charge in [0.2, 0.25) is 5.91 Å². The summed E-state index contributed by atoms with van der Waals surface area (Å²) >= 11 is 7.60. The lowest BCUT2D eigenvalue weighted by molar-refractivity contribution is -0.120. The molecule has 0 aromatic carbocycles. The van der Waals surface area contributed by atoms with Crippen LogP contribution in [0.1, 0.15) is 25.7 Å². The van der Waals surface area contributed by atoms with Crippen LogP contribution in [-0.4, -0.2) is 30.3 Å². The van der Waals surface area contributed by atoms with Crippen LogP contribution in [0.2, 0.25) is 0 Å². The van der Waals surface area contributed by atoms with Crippen molar-refractivity contribution < 1.29 is 4.79 Å². The average molecular weight is 250 g/mol. The Balaban J connectivity index is 2.15. The number of alkyl halides is 1. The van der Waals surface area contributed by atoms with E-state index in [2.05, 4.69) is 5.32 Å². The van der Waals surface area contributed by atoms with Crippen LogP contribution in [0.15, 0.2) is 0 Å². The quantitative estimate of drug-likeness (QED) is 0.733. The largest absolute Gasteiger partial charge is 0.356 e. The molecule has 0 spiro atoms. The first kappa shape index (κ1) is 13.2. The van der Waals surface area contributed by atoms with Crippen molar-refractivity contribution in [1.29, 1.82) is 0 Å². The van der Waals surface area contributed by atoms with E-state index in [0.29, 0.717) is 18.3 Å². The molecule has 0 aliphatic heterocycles. The van der Waals surface area contributed by atoms with Gasteiger partial charge in [0.05, 0.1) is 0 Å². The molecule has 2 atom stereocenters. The maximum Gasteiger partial charge on any atom is 0.220 e. The Hall–Kier alpha value is 0.110. The van der Waals surface area contributed by atoms with Crippen molar-refractivity contribution in [3.05, 3.63) is 0 Å². The van der Waals surface area contributed by atoms with Crippen LogP contribution in [0.4, 0.5) is 0 Å². The van der Waals surface area contributed by atoms with Crippen molar-refractivity contribution in [1.82, 2.24) is 5.32 Å². The molecular formula is C11H20ClNOS. The number of carbonyl (C=O) groups is 1. The number of hydrogen-bond acceptors (Lipinski definition) is 2. The van der Waals surface area contributed by atoms with E-state index in [1.54, 1.807) is 11.8 Å². The Morgan fingerprint density at radius 1 is 1.47 bits per heavy atom. The first-order chi connectivity index (χ1) is 7.27. The molecule has 1 fully saturated rings. The summed E-state index contributed by atoms with van der Waals surface area (Å²) in [6.07, 6.45) is 6.38. The molecule has 0 saturated heterocycles. The molecule has 0 aromatic rings. The summed E-state index contributed by atoms with van der Waals surface area (Å²) in [5.41, 5.74) is 0. The standard InChI is InChI=1S/C11H20ClNOS/c1-15-6-5-11(14)13-8-10-4-2-3-9(10)7-12/h9-10H,2-8H2,1H3,(H,13,14). The van der Waals surface area contributed by atoms with E-state index in [9.17, 15) is 4.79 Å². The number of carbonyl (C=O) groups excluding carboxylic acids is 1. The molecule has 4 heteroatoms. The van der Waals surface area contributed by atoms with E-state index in [4.69, 9.17) is 11.6 Å². The van der Waals surface area contributed by atoms with Gasteiger partial charge >= 0.3 is 0 Å². The molecule has 0 bridgehead atoms. The second-order valence-electron chi connectivity index (χ2n) is 4.15. The first-order valence-electron chi connectivity index (χ1n) is 5.59. The lowest BCUT2D eigenvalue weighted by Crippen LogP contribution is -2.31. The highest BCUT2D eigenvalue weighted by molar-refractivity contribution is 7.98. The third-order valence-corrected chi connectivity index (χ3v) is 4.12. The molecule has 15 heavy (non-hydrogen) atoms. The zero-order chi connectivity index (χ0) is 11.1. The lowest BCUT2D eigenvalue weighted by atomic mass is 9.98. The predicted molar refractivity (Wildman–Crippen MR) is 67.6 cm³/mol. The molecular weight excluding hydrogens is 230 g/mol. The molecule has 1 N–H and O–H groups in total. The molecule has 88 valence electrons. The summed E-state index contributed by atoms with van der Waals surface area (Å²) in [5.74, 6) is 3.07. The van der Waals surface area contributed by atoms with Gasteiger partial charge in [0.25, 0.3) is 0 Å². The van der Waals surface area contributed by atoms with Gasteiger partial charge in [0.15, 0.2) is 0 Å². The van der Waals surface area contributed by atoms with Crippen molar-refractivity contribution in [2.75, 3.05) is 24.4 Å². The van der Waals surface area contributed by atoms with E-state index in [1.807, 2.05) is 6.26 Å². The second kappa shape index (κ2) is 7.39. The Bertz CT molecular complexity index is 201. The van der Waals surface area contributed by atoms with Gasteiger partial charge in [-0.25, -0.2) is 0 Å². The van der Waals surface area contributed by atoms with Gasteiger partial charge in [0.1, 0.15) is 0 Å². The van der Waals surface area contributed by atoms with E-state index >= 15 is 0 Å². The van der Waals surface area contributed by atoms with Gasteiger partial charge < -0.3 is 5.32 Å². The lowest BCUT2D eigenvalue weighted by Gasteiger charge is -2.17. The Morgan fingerprint density at radius 3 is 2.87 bits per heavy atom. The average Bonchev–Trinajstić information content (AvgIpc) is 2.70. The maximum atomic E-state index is 11.4. The topological polar surface area (TPSA) is 29.1 Å². The fourth-order valence-electron chi connectivity index (χ4n) is 2.11. The summed E-state index contributed by atoms with van der Waals surface area (Å²) in [7, 11) is 0. The van der Waals surface area contributed by atoms with Crippen LogP contribution in [0, 0.1) is 11.8 Å². The smallest absolute Gasteiger partial charge is 0.220 e. The van der Waals surface area contributed by atoms with Gasteiger partial charge in [-0.1, -0.05) is 6.42 Å². The molecule has 0 radical (unpaired) electrons. The van der Waals surface area contributed by atoms with E-state index in [0.717, 1.165) is 18.2 Å². The summed E-state index contributed by atoms with van der Waals surface area (Å²) in [4.78, 5) is 11.4. The van der Waals surface area contributed by atoms with Gasteiger partial charge in [-0.15, -0.1) is 11.6 Å². The van der Waals surface area contributed by atoms with Crippen LogP contribution in [0.25, 0.3) is 0 Å². The van der Waals surface area contributed by atoms with Gasteiger partial charge in [-0.05, 0) is 30.9 Å². The minimum absolute atomic E-state index is 0.185. The third-order valence-electron chi connectivity index (χ3n) is 3.11. The van der Waals surface area contributed by atoms with E-state index < -0.39 is 0 Å². The molecule has 2 nitrogen and oxygen atoms in total. The van der Waals surface area contributed by atoms with Crippen molar-refractivity contribution in [3.63, 3.8) is 0 Å². The summed E-state index contributed by atoms with van der Waals surface area (Å²) in [6.45, 7) is 0.824. The van der Waals surface area contributed by atoms with Crippen molar-refractivity contribution in [3.8, 4) is 0 Å². The van der Waals surface area contributed by atoms with Crippen molar-refractivity contribution in [2.24, 2.45) is 11.8 Å². The number of halogens is 1. The predicted octanol–water partition coefficient (Wildman–Crippen LogP) is 2.51. The molecule has 1 amide bonds. The summed E-state index contributed by atoms with van der Waals surface area (Å²) < 4.78 is 0. The van der Waals surface area contributed by atoms with Crippen LogP contribution < -0.4 is 5.32 Å². The summed E-state index contributed by atoms with van der Waals surface area (Å²) in [6, 6.07) is 0. The van der Waals surface area contributed by atoms with Gasteiger partial charge in [-0.3, -0.25) is 4.79 Å². The molecule has 1 saturated carbocycles. The molecule has 1 aliphatic rings. The SMILES string of the molecule is CSCCC(=O)NCC1CCCC1CCl. The monoisotopic (exact) mass is 249 g/mol.